The SMILES string of the molecule is CCCN(C)C(=O)[C@@H]1CC(=O)N(C)[C@@H](CC)C(=O)N[C@@H]([C@@H](C)CC)C(=O)N(C)CC(=O)N(C)[C@H]2C/C=C\CCN(C2=O)[C@@H](CC2CCC(C(F)(F)F)CC2)C(=O)N(C)CC(=O)N[C@@H](CCC2CC(F)C(C(F)(F)F)C(F)C2)C(=O)N2C[C@H](OCC)C[C@H]2C(=O)NC2(CCC2)C(=O)N(C)[C@@H](C2CCCC2)C(=O)N1C. The van der Waals surface area contributed by atoms with E-state index in [0.29, 0.717) is 44.9 Å². The number of carbonyl (C=O) groups excluding carboxylic acids is 12. The molecular formula is C75H116F8N12O13. The molecule has 0 aromatic heterocycles. The molecule has 7 aliphatic rings. The number of nitrogens with zero attached hydrogens (tertiary/aromatic N) is 9. The lowest BCUT2D eigenvalue weighted by Gasteiger charge is -2.46. The molecule has 3 N–H and O–H groups in total. The predicted octanol–water partition coefficient (Wildman–Crippen LogP) is 6.50. The minimum Gasteiger partial charge on any atom is -0.377 e. The molecule has 2 saturated heterocycles. The van der Waals surface area contributed by atoms with Crippen LogP contribution in [0.3, 0.4) is 0 Å². The Morgan fingerprint density at radius 3 is 1.84 bits per heavy atom. The summed E-state index contributed by atoms with van der Waals surface area (Å²) in [4.78, 5) is 191. The van der Waals surface area contributed by atoms with Gasteiger partial charge in [0, 0.05) is 82.0 Å². The second-order valence-corrected chi connectivity index (χ2v) is 31.5. The van der Waals surface area contributed by atoms with E-state index in [9.17, 15) is 55.1 Å². The lowest BCUT2D eigenvalue weighted by atomic mass is 9.74. The highest BCUT2D eigenvalue weighted by Crippen LogP contribution is 2.46. The molecule has 4 saturated carbocycles. The van der Waals surface area contributed by atoms with Crippen molar-refractivity contribution in [1.29, 1.82) is 0 Å². The van der Waals surface area contributed by atoms with Crippen molar-refractivity contribution in [2.75, 3.05) is 88.7 Å². The van der Waals surface area contributed by atoms with Crippen LogP contribution in [0, 0.1) is 35.5 Å². The predicted molar refractivity (Wildman–Crippen MR) is 381 cm³/mol. The summed E-state index contributed by atoms with van der Waals surface area (Å²) in [6.45, 7) is 6.92. The summed E-state index contributed by atoms with van der Waals surface area (Å²) < 4.78 is 121. The third-order valence-corrected chi connectivity index (χ3v) is 24.1. The second-order valence-electron chi connectivity index (χ2n) is 31.5. The van der Waals surface area contributed by atoms with E-state index in [2.05, 4.69) is 16.0 Å². The average Bonchev–Trinajstić information content (AvgIpc) is 1.14. The van der Waals surface area contributed by atoms with Crippen LogP contribution in [-0.2, 0) is 62.3 Å². The third-order valence-electron chi connectivity index (χ3n) is 24.1. The molecule has 33 heteroatoms. The number of fused-ring (bicyclic) bond motifs is 3. The van der Waals surface area contributed by atoms with Crippen LogP contribution in [0.4, 0.5) is 35.1 Å². The molecule has 2 bridgehead atoms. The van der Waals surface area contributed by atoms with Crippen LogP contribution < -0.4 is 16.0 Å². The molecular weight excluding hydrogens is 1430 g/mol. The molecule has 7 rings (SSSR count). The number of halogens is 8. The third kappa shape index (κ3) is 21.1. The minimum absolute atomic E-state index is 0.000595. The molecule has 12 amide bonds. The summed E-state index contributed by atoms with van der Waals surface area (Å²) in [5, 5.41) is 8.38. The van der Waals surface area contributed by atoms with Crippen molar-refractivity contribution in [3.05, 3.63) is 12.2 Å². The van der Waals surface area contributed by atoms with Crippen LogP contribution in [0.15, 0.2) is 12.2 Å². The summed E-state index contributed by atoms with van der Waals surface area (Å²) in [6, 6.07) is -11.3. The topological polar surface area (TPSA) is 279 Å². The summed E-state index contributed by atoms with van der Waals surface area (Å²) in [6.07, 6.45) is -12.7. The van der Waals surface area contributed by atoms with Crippen LogP contribution in [-0.4, -0.2) is 288 Å². The Labute approximate surface area is 629 Å². The summed E-state index contributed by atoms with van der Waals surface area (Å²) in [7, 11) is 9.51. The van der Waals surface area contributed by atoms with Gasteiger partial charge in [0.25, 0.3) is 0 Å². The Morgan fingerprint density at radius 2 is 1.28 bits per heavy atom. The van der Waals surface area contributed by atoms with Crippen LogP contribution in [0.5, 0.6) is 0 Å². The van der Waals surface area contributed by atoms with E-state index in [0.717, 1.165) is 29.4 Å². The van der Waals surface area contributed by atoms with Crippen molar-refractivity contribution in [1.82, 2.24) is 60.0 Å². The van der Waals surface area contributed by atoms with Crippen LogP contribution in [0.25, 0.3) is 0 Å². The minimum atomic E-state index is -5.22. The van der Waals surface area contributed by atoms with Crippen LogP contribution >= 0.6 is 0 Å². The van der Waals surface area contributed by atoms with Crippen molar-refractivity contribution >= 4 is 70.9 Å². The number of alkyl halides is 8. The van der Waals surface area contributed by atoms with Crippen molar-refractivity contribution in [3.63, 3.8) is 0 Å². The molecule has 3 aliphatic heterocycles. The lowest BCUT2D eigenvalue weighted by Crippen LogP contribution is -2.68. The van der Waals surface area contributed by atoms with Gasteiger partial charge >= 0.3 is 12.4 Å². The molecule has 12 atom stereocenters. The van der Waals surface area contributed by atoms with Crippen LogP contribution in [0.2, 0.25) is 0 Å². The molecule has 3 heterocycles. The Hall–Kier alpha value is -7.22. The smallest absolute Gasteiger partial charge is 0.377 e. The van der Waals surface area contributed by atoms with E-state index in [4.69, 9.17) is 4.74 Å². The van der Waals surface area contributed by atoms with E-state index in [1.165, 1.54) is 64.0 Å². The number of rotatable bonds is 14. The molecule has 2 unspecified atom stereocenters. The average molecular weight is 1550 g/mol. The summed E-state index contributed by atoms with van der Waals surface area (Å²) in [5.41, 5.74) is -1.69. The highest BCUT2D eigenvalue weighted by molar-refractivity contribution is 6.01. The molecule has 4 aliphatic carbocycles. The monoisotopic (exact) mass is 1540 g/mol. The Bertz CT molecular complexity index is 3210. The Kier molecular flexibility index (Phi) is 31.1. The van der Waals surface area contributed by atoms with Gasteiger partial charge in [0.15, 0.2) is 0 Å². The highest BCUT2D eigenvalue weighted by Gasteiger charge is 2.56. The standard InChI is InChI=1S/C75H116F8N12O13/c1-13-34-87(6)67(102)56-40-59(97)90(9)53(15-3)64(99)85-62(44(5)14-2)70(105)89(8)43-60(98)91(10)54-25-18-17-21-35-94(69(54)104)57(38-45-26-29-48(30-27-45)74(78,79)80)68(103)88(7)42-58(96)84-52(31-28-46-36-50(76)61(51(77)37-46)75(81,82)83)66(101)95-41-49(108-16-4)39-55(95)65(100)86-73(32-22-33-73)72(107)93(12)63(71(106)92(56)11)47-23-19-20-24-47/h17-18,44-57,61-63H,13-16,19-43H2,1-12H3,(H,84,96)(H,85,99)(H,86,100)/b18-17-/t44-,45?,46?,48?,49+,50?,51?,52-,53-,54-,55-,56-,57-,61?,62-,63-/m0/s1. The number of carbonyl (C=O) groups is 12. The first-order valence-corrected chi connectivity index (χ1v) is 38.8. The van der Waals surface area contributed by atoms with Crippen molar-refractivity contribution in [2.24, 2.45) is 35.5 Å². The number of hydrogen-bond acceptors (Lipinski definition) is 13. The number of nitrogens with one attached hydrogen (secondary N) is 3. The largest absolute Gasteiger partial charge is 0.397 e. The molecule has 108 heavy (non-hydrogen) atoms. The number of hydrogen-bond donors (Lipinski definition) is 3. The molecule has 610 valence electrons. The van der Waals surface area contributed by atoms with Gasteiger partial charge in [0.2, 0.25) is 70.9 Å². The fourth-order valence-electron chi connectivity index (χ4n) is 17.2. The van der Waals surface area contributed by atoms with E-state index < -0.39 is 230 Å². The lowest BCUT2D eigenvalue weighted by molar-refractivity contribution is -0.219. The molecule has 6 fully saturated rings. The summed E-state index contributed by atoms with van der Waals surface area (Å²) in [5.74, 6) is -16.7. The molecule has 25 nitrogen and oxygen atoms in total. The fourth-order valence-corrected chi connectivity index (χ4v) is 17.2. The maximum Gasteiger partial charge on any atom is 0.397 e. The molecule has 0 aromatic carbocycles. The number of amides is 12. The highest BCUT2D eigenvalue weighted by atomic mass is 19.4. The molecule has 0 aromatic rings. The first-order valence-electron chi connectivity index (χ1n) is 38.8. The van der Waals surface area contributed by atoms with Crippen molar-refractivity contribution in [3.8, 4) is 0 Å². The van der Waals surface area contributed by atoms with Gasteiger partial charge in [-0.25, -0.2) is 8.78 Å². The van der Waals surface area contributed by atoms with Gasteiger partial charge in [-0.2, -0.15) is 26.3 Å². The zero-order chi connectivity index (χ0) is 80.2. The van der Waals surface area contributed by atoms with E-state index in [-0.39, 0.29) is 103 Å². The Morgan fingerprint density at radius 1 is 0.648 bits per heavy atom. The zero-order valence-electron chi connectivity index (χ0n) is 64.8. The molecule has 0 radical (unpaired) electrons. The number of likely N-dealkylation sites (N-methyl/N-ethyl adjacent to an activating group) is 7. The second kappa shape index (κ2) is 38.1. The van der Waals surface area contributed by atoms with Gasteiger partial charge in [-0.15, -0.1) is 0 Å². The van der Waals surface area contributed by atoms with Gasteiger partial charge in [-0.1, -0.05) is 59.1 Å². The van der Waals surface area contributed by atoms with Crippen LogP contribution in [0.1, 0.15) is 182 Å². The first kappa shape index (κ1) is 88.0. The maximum absolute atomic E-state index is 15.6. The van der Waals surface area contributed by atoms with E-state index >= 15 is 37.5 Å². The fraction of sp³-hybridized carbons (Fsp3) is 0.813. The Balaban J connectivity index is 1.32. The van der Waals surface area contributed by atoms with Gasteiger partial charge < -0.3 is 64.8 Å². The van der Waals surface area contributed by atoms with Gasteiger partial charge in [-0.05, 0) is 146 Å². The van der Waals surface area contributed by atoms with Gasteiger partial charge in [-0.3, -0.25) is 57.5 Å². The van der Waals surface area contributed by atoms with Gasteiger partial charge in [0.05, 0.1) is 31.5 Å². The zero-order valence-corrected chi connectivity index (χ0v) is 64.8. The van der Waals surface area contributed by atoms with Gasteiger partial charge in [0.1, 0.15) is 72.1 Å². The van der Waals surface area contributed by atoms with Crippen molar-refractivity contribution < 1.29 is 97.4 Å². The first-order chi connectivity index (χ1) is 50.7. The maximum atomic E-state index is 15.6. The quantitative estimate of drug-likeness (QED) is 0.124. The van der Waals surface area contributed by atoms with E-state index in [1.807, 2.05) is 6.92 Å². The molecule has 1 spiro atoms. The van der Waals surface area contributed by atoms with E-state index in [1.54, 1.807) is 39.8 Å². The number of ether oxygens (including phenoxy) is 1. The normalized spacial score (nSPS) is 31.9. The summed E-state index contributed by atoms with van der Waals surface area (Å²) >= 11 is 0. The van der Waals surface area contributed by atoms with Crippen molar-refractivity contribution in [2.45, 2.75) is 267 Å².